The zero-order valence-corrected chi connectivity index (χ0v) is 10.1. The molecule has 15 heavy (non-hydrogen) atoms. The van der Waals surface area contributed by atoms with Crippen LogP contribution in [0.5, 0.6) is 0 Å². The van der Waals surface area contributed by atoms with Crippen LogP contribution in [0.2, 0.25) is 0 Å². The molecule has 1 atom stereocenters. The van der Waals surface area contributed by atoms with E-state index in [-0.39, 0.29) is 12.3 Å². The molecule has 0 fully saturated rings. The molecule has 0 bridgehead atoms. The molecule has 2 nitrogen and oxygen atoms in total. The third-order valence-electron chi connectivity index (χ3n) is 2.92. The molecule has 1 unspecified atom stereocenters. The number of hydrogen-bond donors (Lipinski definition) is 1. The summed E-state index contributed by atoms with van der Waals surface area (Å²) in [5.41, 5.74) is 0. The van der Waals surface area contributed by atoms with Gasteiger partial charge in [-0.2, -0.15) is 0 Å². The molecule has 1 heterocycles. The highest BCUT2D eigenvalue weighted by molar-refractivity contribution is 7.10. The molecule has 0 aliphatic heterocycles. The summed E-state index contributed by atoms with van der Waals surface area (Å²) >= 11 is 1.67. The Morgan fingerprint density at radius 3 is 2.53 bits per heavy atom. The molecule has 1 aromatic heterocycles. The van der Waals surface area contributed by atoms with E-state index < -0.39 is 5.97 Å². The van der Waals surface area contributed by atoms with Crippen LogP contribution in [0.3, 0.4) is 0 Å². The van der Waals surface area contributed by atoms with Crippen molar-refractivity contribution in [3.63, 3.8) is 0 Å². The molecule has 1 N–H and O–H groups in total. The van der Waals surface area contributed by atoms with E-state index in [1.54, 1.807) is 11.3 Å². The second kappa shape index (κ2) is 5.91. The van der Waals surface area contributed by atoms with E-state index in [0.717, 1.165) is 12.8 Å². The van der Waals surface area contributed by atoms with Crippen molar-refractivity contribution in [2.24, 2.45) is 5.92 Å². The van der Waals surface area contributed by atoms with E-state index in [1.165, 1.54) is 4.88 Å². The standard InChI is InChI=1S/C12H18O2S/c1-3-9(4-2)10(8-12(13)14)11-6-5-7-15-11/h5-7,9-10H,3-4,8H2,1-2H3,(H,13,14). The van der Waals surface area contributed by atoms with E-state index in [2.05, 4.69) is 19.9 Å². The summed E-state index contributed by atoms with van der Waals surface area (Å²) in [6.45, 7) is 4.27. The second-order valence-electron chi connectivity index (χ2n) is 3.80. The minimum Gasteiger partial charge on any atom is -0.481 e. The van der Waals surface area contributed by atoms with Crippen molar-refractivity contribution in [2.75, 3.05) is 0 Å². The van der Waals surface area contributed by atoms with E-state index in [9.17, 15) is 4.79 Å². The minimum atomic E-state index is -0.694. The first-order chi connectivity index (χ1) is 7.19. The maximum atomic E-state index is 10.8. The van der Waals surface area contributed by atoms with Crippen molar-refractivity contribution in [1.29, 1.82) is 0 Å². The average molecular weight is 226 g/mol. The van der Waals surface area contributed by atoms with Gasteiger partial charge in [-0.1, -0.05) is 32.8 Å². The van der Waals surface area contributed by atoms with Gasteiger partial charge >= 0.3 is 5.97 Å². The van der Waals surface area contributed by atoms with Crippen molar-refractivity contribution < 1.29 is 9.90 Å². The summed E-state index contributed by atoms with van der Waals surface area (Å²) in [5.74, 6) is -0.0162. The van der Waals surface area contributed by atoms with Crippen LogP contribution in [0.4, 0.5) is 0 Å². The number of carboxylic acids is 1. The lowest BCUT2D eigenvalue weighted by atomic mass is 9.84. The highest BCUT2D eigenvalue weighted by Crippen LogP contribution is 2.35. The van der Waals surface area contributed by atoms with E-state index in [4.69, 9.17) is 5.11 Å². The molecule has 84 valence electrons. The van der Waals surface area contributed by atoms with Gasteiger partial charge in [-0.15, -0.1) is 11.3 Å². The number of carboxylic acid groups (broad SMARTS) is 1. The van der Waals surface area contributed by atoms with Gasteiger partial charge in [0.05, 0.1) is 6.42 Å². The van der Waals surface area contributed by atoms with Crippen LogP contribution in [-0.4, -0.2) is 11.1 Å². The first-order valence-corrected chi connectivity index (χ1v) is 6.32. The van der Waals surface area contributed by atoms with E-state index in [0.29, 0.717) is 5.92 Å². The lowest BCUT2D eigenvalue weighted by Gasteiger charge is -2.22. The van der Waals surface area contributed by atoms with Crippen LogP contribution in [0.15, 0.2) is 17.5 Å². The molecule has 0 saturated carbocycles. The summed E-state index contributed by atoms with van der Waals surface area (Å²) in [4.78, 5) is 12.1. The van der Waals surface area contributed by atoms with Gasteiger partial charge in [0.2, 0.25) is 0 Å². The zero-order chi connectivity index (χ0) is 11.3. The fourth-order valence-corrected chi connectivity index (χ4v) is 2.97. The zero-order valence-electron chi connectivity index (χ0n) is 9.27. The maximum absolute atomic E-state index is 10.8. The van der Waals surface area contributed by atoms with Crippen LogP contribution in [0, 0.1) is 5.92 Å². The highest BCUT2D eigenvalue weighted by Gasteiger charge is 2.23. The van der Waals surface area contributed by atoms with Crippen molar-refractivity contribution in [3.8, 4) is 0 Å². The van der Waals surface area contributed by atoms with Gasteiger partial charge in [-0.05, 0) is 17.4 Å². The predicted molar refractivity (Wildman–Crippen MR) is 63.4 cm³/mol. The minimum absolute atomic E-state index is 0.192. The summed E-state index contributed by atoms with van der Waals surface area (Å²) in [7, 11) is 0. The Labute approximate surface area is 94.9 Å². The van der Waals surface area contributed by atoms with Gasteiger partial charge in [0.1, 0.15) is 0 Å². The van der Waals surface area contributed by atoms with Crippen LogP contribution < -0.4 is 0 Å². The molecule has 1 aromatic rings. The van der Waals surface area contributed by atoms with Crippen LogP contribution >= 0.6 is 11.3 Å². The lowest BCUT2D eigenvalue weighted by Crippen LogP contribution is -2.14. The fraction of sp³-hybridized carbons (Fsp3) is 0.583. The van der Waals surface area contributed by atoms with Crippen molar-refractivity contribution in [1.82, 2.24) is 0 Å². The molecule has 0 aliphatic rings. The first kappa shape index (κ1) is 12.2. The molecule has 0 aromatic carbocycles. The Balaban J connectivity index is 2.82. The van der Waals surface area contributed by atoms with Crippen LogP contribution in [0.25, 0.3) is 0 Å². The molecular formula is C12H18O2S. The first-order valence-electron chi connectivity index (χ1n) is 5.44. The predicted octanol–water partition coefficient (Wildman–Crippen LogP) is 3.74. The number of aliphatic carboxylic acids is 1. The Bertz CT molecular complexity index is 289. The Morgan fingerprint density at radius 2 is 2.13 bits per heavy atom. The van der Waals surface area contributed by atoms with Gasteiger partial charge in [0, 0.05) is 10.8 Å². The van der Waals surface area contributed by atoms with Gasteiger partial charge in [0.25, 0.3) is 0 Å². The van der Waals surface area contributed by atoms with Crippen LogP contribution in [-0.2, 0) is 4.79 Å². The normalized spacial score (nSPS) is 13.0. The monoisotopic (exact) mass is 226 g/mol. The number of hydrogen-bond acceptors (Lipinski definition) is 2. The Hall–Kier alpha value is -0.830. The molecule has 3 heteroatoms. The summed E-state index contributed by atoms with van der Waals surface area (Å²) in [6, 6.07) is 4.05. The average Bonchev–Trinajstić information content (AvgIpc) is 2.70. The van der Waals surface area contributed by atoms with E-state index in [1.807, 2.05) is 11.4 Å². The SMILES string of the molecule is CCC(CC)C(CC(=O)O)c1cccs1. The van der Waals surface area contributed by atoms with Crippen molar-refractivity contribution in [2.45, 2.75) is 39.0 Å². The van der Waals surface area contributed by atoms with Gasteiger partial charge in [-0.3, -0.25) is 4.79 Å². The second-order valence-corrected chi connectivity index (χ2v) is 4.78. The van der Waals surface area contributed by atoms with Gasteiger partial charge in [-0.25, -0.2) is 0 Å². The van der Waals surface area contributed by atoms with Crippen molar-refractivity contribution in [3.05, 3.63) is 22.4 Å². The third kappa shape index (κ3) is 3.34. The lowest BCUT2D eigenvalue weighted by molar-refractivity contribution is -0.137. The summed E-state index contributed by atoms with van der Waals surface area (Å²) in [5, 5.41) is 10.9. The quantitative estimate of drug-likeness (QED) is 0.802. The molecule has 1 rings (SSSR count). The summed E-state index contributed by atoms with van der Waals surface area (Å²) in [6.07, 6.45) is 2.35. The largest absolute Gasteiger partial charge is 0.481 e. The number of carbonyl (C=O) groups is 1. The third-order valence-corrected chi connectivity index (χ3v) is 3.93. The van der Waals surface area contributed by atoms with Gasteiger partial charge in [0.15, 0.2) is 0 Å². The van der Waals surface area contributed by atoms with E-state index >= 15 is 0 Å². The number of rotatable bonds is 6. The topological polar surface area (TPSA) is 37.3 Å². The Morgan fingerprint density at radius 1 is 1.47 bits per heavy atom. The number of thiophene rings is 1. The molecule has 0 aliphatic carbocycles. The molecule has 0 spiro atoms. The van der Waals surface area contributed by atoms with Crippen LogP contribution in [0.1, 0.15) is 43.9 Å². The maximum Gasteiger partial charge on any atom is 0.304 e. The molecule has 0 amide bonds. The Kier molecular flexibility index (Phi) is 4.82. The molecular weight excluding hydrogens is 208 g/mol. The molecule has 0 radical (unpaired) electrons. The smallest absolute Gasteiger partial charge is 0.304 e. The van der Waals surface area contributed by atoms with Gasteiger partial charge < -0.3 is 5.11 Å². The van der Waals surface area contributed by atoms with Crippen molar-refractivity contribution >= 4 is 17.3 Å². The fourth-order valence-electron chi connectivity index (χ4n) is 2.05. The molecule has 0 saturated heterocycles. The highest BCUT2D eigenvalue weighted by atomic mass is 32.1. The summed E-state index contributed by atoms with van der Waals surface area (Å²) < 4.78 is 0.